The predicted octanol–water partition coefficient (Wildman–Crippen LogP) is 4.46. The molecule has 0 unspecified atom stereocenters. The minimum absolute atomic E-state index is 0.101. The normalized spacial score (nSPS) is 14.3. The largest absolute Gasteiger partial charge is 0.461 e. The fourth-order valence-electron chi connectivity index (χ4n) is 3.85. The van der Waals surface area contributed by atoms with E-state index in [1.807, 2.05) is 35.2 Å². The van der Waals surface area contributed by atoms with Crippen LogP contribution in [0.2, 0.25) is 0 Å². The summed E-state index contributed by atoms with van der Waals surface area (Å²) in [5, 5.41) is 7.25. The summed E-state index contributed by atoms with van der Waals surface area (Å²) in [6.45, 7) is 3.52. The maximum Gasteiger partial charge on any atom is 0.358 e. The number of esters is 1. The fraction of sp³-hybridized carbons (Fsp3) is 0.292. The summed E-state index contributed by atoms with van der Waals surface area (Å²) in [5.74, 6) is 0.0478. The van der Waals surface area contributed by atoms with Crippen LogP contribution in [0.5, 0.6) is 0 Å². The quantitative estimate of drug-likeness (QED) is 0.621. The highest BCUT2D eigenvalue weighted by Crippen LogP contribution is 2.28. The Hall–Kier alpha value is -3.61. The van der Waals surface area contributed by atoms with Gasteiger partial charge in [0.25, 0.3) is 0 Å². The second kappa shape index (κ2) is 9.47. The highest BCUT2D eigenvalue weighted by Gasteiger charge is 2.23. The van der Waals surface area contributed by atoms with Crippen molar-refractivity contribution in [1.82, 2.24) is 14.7 Å². The number of hydrogen-bond acceptors (Lipinski definition) is 4. The van der Waals surface area contributed by atoms with Gasteiger partial charge in [0, 0.05) is 25.0 Å². The van der Waals surface area contributed by atoms with E-state index in [4.69, 9.17) is 4.74 Å². The van der Waals surface area contributed by atoms with E-state index < -0.39 is 5.97 Å². The SMILES string of the molecule is CCOC(=O)c1ccn(-c2cccc(NC(=O)N3CCC(c4ccccc4)CC3)c2)n1. The van der Waals surface area contributed by atoms with Gasteiger partial charge in [-0.25, -0.2) is 14.3 Å². The Labute approximate surface area is 181 Å². The third kappa shape index (κ3) is 4.94. The lowest BCUT2D eigenvalue weighted by atomic mass is 9.90. The lowest BCUT2D eigenvalue weighted by Gasteiger charge is -2.32. The first-order chi connectivity index (χ1) is 15.1. The van der Waals surface area contributed by atoms with E-state index in [0.29, 0.717) is 18.2 Å². The summed E-state index contributed by atoms with van der Waals surface area (Å²) < 4.78 is 6.57. The summed E-state index contributed by atoms with van der Waals surface area (Å²) in [7, 11) is 0. The van der Waals surface area contributed by atoms with E-state index in [2.05, 4.69) is 34.7 Å². The Morgan fingerprint density at radius 1 is 1.06 bits per heavy atom. The molecule has 0 bridgehead atoms. The number of likely N-dealkylation sites (tertiary alicyclic amines) is 1. The lowest BCUT2D eigenvalue weighted by molar-refractivity contribution is 0.0519. The van der Waals surface area contributed by atoms with Crippen LogP contribution in [0, 0.1) is 0 Å². The maximum atomic E-state index is 12.8. The number of hydrogen-bond donors (Lipinski definition) is 1. The van der Waals surface area contributed by atoms with Gasteiger partial charge in [-0.3, -0.25) is 0 Å². The molecule has 1 saturated heterocycles. The number of amides is 2. The molecule has 2 amide bonds. The minimum Gasteiger partial charge on any atom is -0.461 e. The van der Waals surface area contributed by atoms with Gasteiger partial charge < -0.3 is 15.0 Å². The van der Waals surface area contributed by atoms with Crippen molar-refractivity contribution in [1.29, 1.82) is 0 Å². The van der Waals surface area contributed by atoms with Crippen molar-refractivity contribution in [3.63, 3.8) is 0 Å². The van der Waals surface area contributed by atoms with Crippen LogP contribution in [0.25, 0.3) is 5.69 Å². The average Bonchev–Trinajstić information content (AvgIpc) is 3.31. The van der Waals surface area contributed by atoms with Crippen LogP contribution in [0.1, 0.15) is 41.7 Å². The van der Waals surface area contributed by atoms with Crippen molar-refractivity contribution in [3.8, 4) is 5.69 Å². The summed E-state index contributed by atoms with van der Waals surface area (Å²) in [4.78, 5) is 26.4. The molecular weight excluding hydrogens is 392 g/mol. The average molecular weight is 418 g/mol. The Balaban J connectivity index is 1.37. The molecule has 0 aliphatic carbocycles. The van der Waals surface area contributed by atoms with E-state index in [9.17, 15) is 9.59 Å². The number of anilines is 1. The highest BCUT2D eigenvalue weighted by molar-refractivity contribution is 5.90. The molecule has 7 nitrogen and oxygen atoms in total. The van der Waals surface area contributed by atoms with Crippen LogP contribution >= 0.6 is 0 Å². The zero-order valence-electron chi connectivity index (χ0n) is 17.5. The van der Waals surface area contributed by atoms with Gasteiger partial charge in [-0.2, -0.15) is 5.10 Å². The molecule has 0 saturated carbocycles. The monoisotopic (exact) mass is 418 g/mol. The standard InChI is InChI=1S/C24H26N4O3/c1-2-31-23(29)22-13-16-28(26-22)21-10-6-9-20(17-21)25-24(30)27-14-11-19(12-15-27)18-7-4-3-5-8-18/h3-10,13,16-17,19H,2,11-12,14-15H2,1H3,(H,25,30). The van der Waals surface area contributed by atoms with Crippen molar-refractivity contribution in [2.45, 2.75) is 25.7 Å². The van der Waals surface area contributed by atoms with Gasteiger partial charge in [0.05, 0.1) is 12.3 Å². The molecular formula is C24H26N4O3. The molecule has 7 heteroatoms. The number of ether oxygens (including phenoxy) is 1. The van der Waals surface area contributed by atoms with Crippen molar-refractivity contribution < 1.29 is 14.3 Å². The smallest absolute Gasteiger partial charge is 0.358 e. The van der Waals surface area contributed by atoms with Crippen molar-refractivity contribution in [2.75, 3.05) is 25.0 Å². The summed E-state index contributed by atoms with van der Waals surface area (Å²) in [6.07, 6.45) is 3.62. The van der Waals surface area contributed by atoms with E-state index in [-0.39, 0.29) is 11.7 Å². The van der Waals surface area contributed by atoms with Crippen LogP contribution in [-0.2, 0) is 4.74 Å². The molecule has 1 aromatic heterocycles. The summed E-state index contributed by atoms with van der Waals surface area (Å²) in [5.41, 5.74) is 3.02. The number of aromatic nitrogens is 2. The number of benzene rings is 2. The Kier molecular flexibility index (Phi) is 6.31. The zero-order valence-corrected chi connectivity index (χ0v) is 17.5. The van der Waals surface area contributed by atoms with Gasteiger partial charge >= 0.3 is 12.0 Å². The van der Waals surface area contributed by atoms with Crippen LogP contribution in [0.3, 0.4) is 0 Å². The van der Waals surface area contributed by atoms with Gasteiger partial charge in [-0.05, 0) is 55.5 Å². The number of piperidine rings is 1. The molecule has 1 aliphatic heterocycles. The van der Waals surface area contributed by atoms with Crippen molar-refractivity contribution in [2.24, 2.45) is 0 Å². The first kappa shape index (κ1) is 20.7. The Morgan fingerprint density at radius 2 is 1.84 bits per heavy atom. The molecule has 3 aromatic rings. The molecule has 1 fully saturated rings. The van der Waals surface area contributed by atoms with Crippen LogP contribution < -0.4 is 5.32 Å². The zero-order chi connectivity index (χ0) is 21.6. The van der Waals surface area contributed by atoms with Gasteiger partial charge in [0.15, 0.2) is 5.69 Å². The predicted molar refractivity (Wildman–Crippen MR) is 119 cm³/mol. The van der Waals surface area contributed by atoms with Crippen LogP contribution in [0.4, 0.5) is 10.5 Å². The summed E-state index contributed by atoms with van der Waals surface area (Å²) in [6, 6.07) is 19.4. The molecule has 0 atom stereocenters. The third-order valence-corrected chi connectivity index (χ3v) is 5.49. The molecule has 31 heavy (non-hydrogen) atoms. The van der Waals surface area contributed by atoms with Gasteiger partial charge in [-0.1, -0.05) is 36.4 Å². The first-order valence-electron chi connectivity index (χ1n) is 10.6. The van der Waals surface area contributed by atoms with E-state index in [1.54, 1.807) is 23.9 Å². The lowest BCUT2D eigenvalue weighted by Crippen LogP contribution is -2.40. The number of nitrogens with zero attached hydrogens (tertiary/aromatic N) is 3. The second-order valence-corrected chi connectivity index (χ2v) is 7.52. The first-order valence-corrected chi connectivity index (χ1v) is 10.6. The topological polar surface area (TPSA) is 76.5 Å². The van der Waals surface area contributed by atoms with Gasteiger partial charge in [0.2, 0.25) is 0 Å². The molecule has 0 spiro atoms. The van der Waals surface area contributed by atoms with Crippen molar-refractivity contribution >= 4 is 17.7 Å². The third-order valence-electron chi connectivity index (χ3n) is 5.49. The molecule has 2 aromatic carbocycles. The van der Waals surface area contributed by atoms with Gasteiger partial charge in [-0.15, -0.1) is 0 Å². The highest BCUT2D eigenvalue weighted by atomic mass is 16.5. The fourth-order valence-corrected chi connectivity index (χ4v) is 3.85. The number of carbonyl (C=O) groups is 2. The van der Waals surface area contributed by atoms with E-state index in [0.717, 1.165) is 31.6 Å². The van der Waals surface area contributed by atoms with Crippen molar-refractivity contribution in [3.05, 3.63) is 78.1 Å². The number of rotatable bonds is 5. The van der Waals surface area contributed by atoms with Crippen LogP contribution in [-0.4, -0.2) is 46.4 Å². The van der Waals surface area contributed by atoms with Crippen LogP contribution in [0.15, 0.2) is 66.9 Å². The maximum absolute atomic E-state index is 12.8. The number of carbonyl (C=O) groups excluding carboxylic acids is 2. The molecule has 0 radical (unpaired) electrons. The second-order valence-electron chi connectivity index (χ2n) is 7.52. The Bertz CT molecular complexity index is 1040. The molecule has 1 N–H and O–H groups in total. The van der Waals surface area contributed by atoms with E-state index >= 15 is 0 Å². The molecule has 160 valence electrons. The van der Waals surface area contributed by atoms with Gasteiger partial charge in [0.1, 0.15) is 0 Å². The Morgan fingerprint density at radius 3 is 2.58 bits per heavy atom. The molecule has 2 heterocycles. The molecule has 1 aliphatic rings. The summed E-state index contributed by atoms with van der Waals surface area (Å²) >= 11 is 0. The van der Waals surface area contributed by atoms with E-state index in [1.165, 1.54) is 5.56 Å². The molecule has 4 rings (SSSR count). The minimum atomic E-state index is -0.454. The number of nitrogens with one attached hydrogen (secondary N) is 1. The number of urea groups is 1.